The van der Waals surface area contributed by atoms with Gasteiger partial charge in [-0.3, -0.25) is 9.55 Å². The van der Waals surface area contributed by atoms with Crippen molar-refractivity contribution in [3.05, 3.63) is 54.1 Å². The lowest BCUT2D eigenvalue weighted by Crippen LogP contribution is -2.12. The summed E-state index contributed by atoms with van der Waals surface area (Å²) in [6.07, 6.45) is 2.59. The monoisotopic (exact) mass is 346 g/mol. The van der Waals surface area contributed by atoms with Crippen LogP contribution in [0.5, 0.6) is 0 Å². The molecule has 0 aliphatic rings. The number of hydrogen-bond acceptors (Lipinski definition) is 3. The van der Waals surface area contributed by atoms with Gasteiger partial charge in [-0.25, -0.2) is 13.8 Å². The molecule has 0 saturated carbocycles. The molecule has 0 unspecified atom stereocenters. The SMILES string of the molecule is C[C@H](N)c1nc2ccc(F)cc2n1-c1cncc(F)c1.Cl.Cl. The van der Waals surface area contributed by atoms with E-state index in [2.05, 4.69) is 9.97 Å². The zero-order valence-electron chi connectivity index (χ0n) is 11.5. The standard InChI is InChI=1S/C14H12F2N4.2ClH/c1-8(17)14-19-12-3-2-9(15)5-13(12)20(14)11-4-10(16)6-18-7-11;;/h2-8H,17H2,1H3;2*1H/t8-;;/m0../s1. The van der Waals surface area contributed by atoms with Crippen molar-refractivity contribution in [1.29, 1.82) is 0 Å². The van der Waals surface area contributed by atoms with E-state index in [4.69, 9.17) is 5.73 Å². The molecule has 0 amide bonds. The van der Waals surface area contributed by atoms with Crippen molar-refractivity contribution in [1.82, 2.24) is 14.5 Å². The average Bonchev–Trinajstić information content (AvgIpc) is 2.77. The summed E-state index contributed by atoms with van der Waals surface area (Å²) in [5, 5.41) is 0. The van der Waals surface area contributed by atoms with Crippen molar-refractivity contribution < 1.29 is 8.78 Å². The van der Waals surface area contributed by atoms with Crippen LogP contribution in [0.25, 0.3) is 16.7 Å². The third-order valence-corrected chi connectivity index (χ3v) is 3.00. The minimum Gasteiger partial charge on any atom is -0.322 e. The Morgan fingerprint density at radius 3 is 2.45 bits per heavy atom. The molecule has 3 rings (SSSR count). The van der Waals surface area contributed by atoms with Crippen LogP contribution in [-0.4, -0.2) is 14.5 Å². The molecule has 2 N–H and O–H groups in total. The third-order valence-electron chi connectivity index (χ3n) is 3.00. The summed E-state index contributed by atoms with van der Waals surface area (Å²) in [5.41, 5.74) is 7.50. The third kappa shape index (κ3) is 3.19. The molecule has 4 nitrogen and oxygen atoms in total. The molecule has 2 heterocycles. The number of nitrogens with two attached hydrogens (primary N) is 1. The normalized spacial score (nSPS) is 11.6. The summed E-state index contributed by atoms with van der Waals surface area (Å²) in [7, 11) is 0. The van der Waals surface area contributed by atoms with Gasteiger partial charge in [-0.05, 0) is 19.1 Å². The molecule has 118 valence electrons. The van der Waals surface area contributed by atoms with E-state index in [1.165, 1.54) is 24.4 Å². The molecule has 0 bridgehead atoms. The Morgan fingerprint density at radius 1 is 1.09 bits per heavy atom. The second-order valence-corrected chi connectivity index (χ2v) is 4.59. The summed E-state index contributed by atoms with van der Waals surface area (Å²) in [4.78, 5) is 8.19. The van der Waals surface area contributed by atoms with E-state index < -0.39 is 5.82 Å². The highest BCUT2D eigenvalue weighted by Gasteiger charge is 2.16. The maximum absolute atomic E-state index is 13.5. The Kier molecular flexibility index (Phi) is 5.82. The summed E-state index contributed by atoms with van der Waals surface area (Å²) in [6.45, 7) is 1.76. The molecule has 8 heteroatoms. The van der Waals surface area contributed by atoms with E-state index >= 15 is 0 Å². The molecule has 0 aliphatic carbocycles. The highest BCUT2D eigenvalue weighted by molar-refractivity contribution is 5.85. The quantitative estimate of drug-likeness (QED) is 0.771. The second kappa shape index (κ2) is 7.00. The Morgan fingerprint density at radius 2 is 1.82 bits per heavy atom. The molecule has 1 atom stereocenters. The fraction of sp³-hybridized carbons (Fsp3) is 0.143. The van der Waals surface area contributed by atoms with E-state index in [9.17, 15) is 8.78 Å². The maximum Gasteiger partial charge on any atom is 0.143 e. The molecule has 2 aromatic heterocycles. The number of fused-ring (bicyclic) bond motifs is 1. The van der Waals surface area contributed by atoms with Gasteiger partial charge in [0.2, 0.25) is 0 Å². The molecule has 3 aromatic rings. The van der Waals surface area contributed by atoms with Gasteiger partial charge in [-0.15, -0.1) is 24.8 Å². The summed E-state index contributed by atoms with van der Waals surface area (Å²) < 4.78 is 28.5. The lowest BCUT2D eigenvalue weighted by atomic mass is 10.3. The van der Waals surface area contributed by atoms with E-state index in [0.717, 1.165) is 6.20 Å². The Balaban J connectivity index is 0.00000121. The van der Waals surface area contributed by atoms with Crippen LogP contribution in [0.1, 0.15) is 18.8 Å². The van der Waals surface area contributed by atoms with Gasteiger partial charge in [0.25, 0.3) is 0 Å². The van der Waals surface area contributed by atoms with Crippen LogP contribution in [0.15, 0.2) is 36.7 Å². The van der Waals surface area contributed by atoms with Crippen molar-refractivity contribution in [3.8, 4) is 5.69 Å². The summed E-state index contributed by atoms with van der Waals surface area (Å²) in [5.74, 6) is -0.339. The fourth-order valence-corrected chi connectivity index (χ4v) is 2.17. The maximum atomic E-state index is 13.5. The molecule has 22 heavy (non-hydrogen) atoms. The van der Waals surface area contributed by atoms with Gasteiger partial charge in [0, 0.05) is 12.1 Å². The predicted molar refractivity (Wildman–Crippen MR) is 85.9 cm³/mol. The average molecular weight is 347 g/mol. The topological polar surface area (TPSA) is 56.7 Å². The lowest BCUT2D eigenvalue weighted by molar-refractivity contribution is 0.618. The predicted octanol–water partition coefficient (Wildman–Crippen LogP) is 3.56. The minimum absolute atomic E-state index is 0. The van der Waals surface area contributed by atoms with Crippen LogP contribution < -0.4 is 5.73 Å². The lowest BCUT2D eigenvalue weighted by Gasteiger charge is -2.11. The Hall–Kier alpha value is -1.76. The van der Waals surface area contributed by atoms with Gasteiger partial charge in [-0.1, -0.05) is 0 Å². The number of aromatic nitrogens is 3. The number of halogens is 4. The van der Waals surface area contributed by atoms with E-state index in [0.29, 0.717) is 22.5 Å². The van der Waals surface area contributed by atoms with Crippen LogP contribution in [-0.2, 0) is 0 Å². The van der Waals surface area contributed by atoms with Crippen LogP contribution in [0.4, 0.5) is 8.78 Å². The summed E-state index contributed by atoms with van der Waals surface area (Å²) >= 11 is 0. The molecule has 0 aliphatic heterocycles. The van der Waals surface area contributed by atoms with Crippen molar-refractivity contribution in [3.63, 3.8) is 0 Å². The first-order chi connectivity index (χ1) is 9.56. The Bertz CT molecular complexity index is 790. The molecule has 0 fully saturated rings. The number of imidazole rings is 1. The van der Waals surface area contributed by atoms with Crippen molar-refractivity contribution in [2.24, 2.45) is 5.73 Å². The van der Waals surface area contributed by atoms with Crippen LogP contribution in [0.3, 0.4) is 0 Å². The summed E-state index contributed by atoms with van der Waals surface area (Å²) in [6, 6.07) is 5.17. The van der Waals surface area contributed by atoms with Gasteiger partial charge in [0.1, 0.15) is 17.5 Å². The first-order valence-electron chi connectivity index (χ1n) is 6.10. The van der Waals surface area contributed by atoms with Crippen LogP contribution in [0.2, 0.25) is 0 Å². The zero-order chi connectivity index (χ0) is 14.3. The number of pyridine rings is 1. The highest BCUT2D eigenvalue weighted by Crippen LogP contribution is 2.25. The minimum atomic E-state index is -0.476. The van der Waals surface area contributed by atoms with Gasteiger partial charge < -0.3 is 5.73 Å². The van der Waals surface area contributed by atoms with Gasteiger partial charge >= 0.3 is 0 Å². The molecule has 0 spiro atoms. The van der Waals surface area contributed by atoms with Crippen LogP contribution in [0, 0.1) is 11.6 Å². The van der Waals surface area contributed by atoms with Gasteiger partial charge in [0.15, 0.2) is 0 Å². The zero-order valence-corrected chi connectivity index (χ0v) is 13.2. The van der Waals surface area contributed by atoms with E-state index in [-0.39, 0.29) is 36.7 Å². The van der Waals surface area contributed by atoms with Crippen molar-refractivity contribution >= 4 is 35.8 Å². The highest BCUT2D eigenvalue weighted by atomic mass is 35.5. The van der Waals surface area contributed by atoms with Crippen LogP contribution >= 0.6 is 24.8 Å². The second-order valence-electron chi connectivity index (χ2n) is 4.59. The van der Waals surface area contributed by atoms with Gasteiger partial charge in [-0.2, -0.15) is 0 Å². The molecule has 1 aromatic carbocycles. The smallest absolute Gasteiger partial charge is 0.143 e. The molecule has 0 saturated heterocycles. The Labute approximate surface area is 138 Å². The van der Waals surface area contributed by atoms with E-state index in [1.54, 1.807) is 17.6 Å². The molecular formula is C14H14Cl2F2N4. The number of hydrogen-bond donors (Lipinski definition) is 1. The molecule has 0 radical (unpaired) electrons. The molecular weight excluding hydrogens is 333 g/mol. The fourth-order valence-electron chi connectivity index (χ4n) is 2.17. The van der Waals surface area contributed by atoms with Crippen molar-refractivity contribution in [2.75, 3.05) is 0 Å². The number of nitrogens with zero attached hydrogens (tertiary/aromatic N) is 3. The first kappa shape index (κ1) is 18.3. The first-order valence-corrected chi connectivity index (χ1v) is 6.10. The van der Waals surface area contributed by atoms with E-state index in [1.807, 2.05) is 0 Å². The largest absolute Gasteiger partial charge is 0.322 e. The number of benzene rings is 1. The van der Waals surface area contributed by atoms with Gasteiger partial charge in [0.05, 0.1) is 35.2 Å². The van der Waals surface area contributed by atoms with Crippen molar-refractivity contribution in [2.45, 2.75) is 13.0 Å². The number of rotatable bonds is 2.